The number of halogens is 14. The summed E-state index contributed by atoms with van der Waals surface area (Å²) in [6.07, 6.45) is 0. The predicted molar refractivity (Wildman–Crippen MR) is 107 cm³/mol. The summed E-state index contributed by atoms with van der Waals surface area (Å²) < 4.78 is -10.4. The monoisotopic (exact) mass is 586 g/mol. The largest absolute Gasteiger partial charge is 0.226 e. The van der Waals surface area contributed by atoms with Gasteiger partial charge in [0.15, 0.2) is 8.67 Å². The van der Waals surface area contributed by atoms with Crippen molar-refractivity contribution in [3.05, 3.63) is 19.6 Å². The molecule has 0 N–H and O–H groups in total. The van der Waals surface area contributed by atoms with Crippen molar-refractivity contribution in [1.82, 2.24) is 0 Å². The van der Waals surface area contributed by atoms with Gasteiger partial charge >= 0.3 is 0 Å². The van der Waals surface area contributed by atoms with Crippen molar-refractivity contribution in [2.45, 2.75) is 16.8 Å². The Labute approximate surface area is 196 Å². The van der Waals surface area contributed by atoms with Gasteiger partial charge in [0.1, 0.15) is 4.49 Å². The second-order valence-corrected chi connectivity index (χ2v) is 11.8. The van der Waals surface area contributed by atoms with E-state index in [0.717, 1.165) is 0 Å². The Morgan fingerprint density at radius 3 is 1.14 bits per heavy atom. The maximum absolute atomic E-state index is 6.03. The van der Waals surface area contributed by atoms with Crippen LogP contribution >= 0.6 is 162 Å². The highest BCUT2D eigenvalue weighted by Gasteiger charge is 2.69. The molecule has 0 nitrogen and oxygen atoms in total. The molecule has 0 aliphatic heterocycles. The van der Waals surface area contributed by atoms with Crippen molar-refractivity contribution in [2.24, 2.45) is 0 Å². The number of allylic oxidation sites excluding steroid dienone is 3. The molecule has 0 aromatic heterocycles. The molecule has 0 saturated heterocycles. The van der Waals surface area contributed by atoms with E-state index in [2.05, 4.69) is 0 Å². The fraction of sp³-hybridized carbons (Fsp3) is 0.500. The molecule has 0 radical (unpaired) electrons. The third kappa shape index (κ3) is 5.08. The van der Waals surface area contributed by atoms with E-state index < -0.39 is 36.4 Å². The Kier molecular flexibility index (Phi) is 10.1. The van der Waals surface area contributed by atoms with Gasteiger partial charge in [-0.25, -0.2) is 0 Å². The highest BCUT2D eigenvalue weighted by molar-refractivity contribution is 6.81. The molecule has 0 aromatic carbocycles. The zero-order valence-corrected chi connectivity index (χ0v) is 19.9. The molecule has 0 spiro atoms. The first-order valence-corrected chi connectivity index (χ1v) is 9.69. The van der Waals surface area contributed by atoms with Crippen molar-refractivity contribution in [2.75, 3.05) is 0 Å². The van der Waals surface area contributed by atoms with Gasteiger partial charge in [0, 0.05) is 0 Å². The summed E-state index contributed by atoms with van der Waals surface area (Å²) in [5.41, 5.74) is 0. The van der Waals surface area contributed by atoms with Crippen molar-refractivity contribution < 1.29 is 0 Å². The quantitative estimate of drug-likeness (QED) is 0.225. The van der Waals surface area contributed by atoms with Crippen LogP contribution in [0.1, 0.15) is 0 Å². The predicted octanol–water partition coefficient (Wildman–Crippen LogP) is 9.45. The molecular weight excluding hydrogens is 592 g/mol. The molecule has 0 heterocycles. The molecule has 0 atom stereocenters. The van der Waals surface area contributed by atoms with Gasteiger partial charge in [-0.3, -0.25) is 0 Å². The summed E-state index contributed by atoms with van der Waals surface area (Å²) in [7, 11) is 0. The van der Waals surface area contributed by atoms with E-state index in [1.807, 2.05) is 0 Å². The van der Waals surface area contributed by atoms with E-state index in [9.17, 15) is 0 Å². The lowest BCUT2D eigenvalue weighted by Crippen LogP contribution is -2.56. The number of alkyl halides is 9. The first-order chi connectivity index (χ1) is 9.43. The van der Waals surface area contributed by atoms with Crippen LogP contribution < -0.4 is 0 Å². The lowest BCUT2D eigenvalue weighted by atomic mass is 10.2. The highest BCUT2D eigenvalue weighted by atomic mass is 35.6. The van der Waals surface area contributed by atoms with E-state index in [0.29, 0.717) is 0 Å². The molecule has 130 valence electrons. The average Bonchev–Trinajstić information content (AvgIpc) is 2.33. The summed E-state index contributed by atoms with van der Waals surface area (Å²) in [6.45, 7) is 0. The fourth-order valence-electron chi connectivity index (χ4n) is 0.830. The zero-order chi connectivity index (χ0) is 18.3. The maximum Gasteiger partial charge on any atom is 0.226 e. The standard InChI is InChI=1S/C8Cl14/c9-1(2(10)4(12)13)3(11)5(14,15)6(16,17)7(18,19)8(20,21)22/b3-1+. The van der Waals surface area contributed by atoms with Gasteiger partial charge in [0.05, 0.1) is 15.1 Å². The minimum Gasteiger partial charge on any atom is -0.0943 e. The maximum atomic E-state index is 6.03. The third-order valence-electron chi connectivity index (χ3n) is 1.97. The van der Waals surface area contributed by atoms with Crippen LogP contribution in [0.15, 0.2) is 19.6 Å². The number of hydrogen-bond acceptors (Lipinski definition) is 0. The number of hydrogen-bond donors (Lipinski definition) is 0. The van der Waals surface area contributed by atoms with E-state index in [4.69, 9.17) is 162 Å². The summed E-state index contributed by atoms with van der Waals surface area (Å²) in [6, 6.07) is 0. The van der Waals surface area contributed by atoms with Crippen LogP contribution in [0.2, 0.25) is 0 Å². The Morgan fingerprint density at radius 2 is 0.864 bits per heavy atom. The Balaban J connectivity index is 6.25. The molecule has 0 bridgehead atoms. The molecule has 0 unspecified atom stereocenters. The minimum atomic E-state index is -2.58. The topological polar surface area (TPSA) is 0 Å². The molecule has 0 aromatic rings. The van der Waals surface area contributed by atoms with Crippen LogP contribution in [0, 0.1) is 0 Å². The second-order valence-electron chi connectivity index (χ2n) is 3.42. The van der Waals surface area contributed by atoms with E-state index in [-0.39, 0.29) is 0 Å². The molecule has 0 saturated carbocycles. The highest BCUT2D eigenvalue weighted by Crippen LogP contribution is 2.65. The molecule has 0 aliphatic rings. The summed E-state index contributed by atoms with van der Waals surface area (Å²) in [5.74, 6) is 0. The van der Waals surface area contributed by atoms with E-state index in [1.54, 1.807) is 0 Å². The molecular formula is C8Cl14. The fourth-order valence-corrected chi connectivity index (χ4v) is 4.06. The summed E-state index contributed by atoms with van der Waals surface area (Å²) in [4.78, 5) is 0. The molecule has 0 rings (SSSR count). The van der Waals surface area contributed by atoms with Crippen LogP contribution in [0.3, 0.4) is 0 Å². The SMILES string of the molecule is ClC(Cl)=C(Cl)/C(Cl)=C(\Cl)C(Cl)(Cl)C(Cl)(Cl)C(Cl)(Cl)C(Cl)(Cl)Cl. The van der Waals surface area contributed by atoms with Gasteiger partial charge in [-0.1, -0.05) is 162 Å². The van der Waals surface area contributed by atoms with Crippen molar-refractivity contribution >= 4 is 162 Å². The smallest absolute Gasteiger partial charge is 0.0943 e. The second kappa shape index (κ2) is 8.70. The third-order valence-corrected chi connectivity index (χ3v) is 9.58. The van der Waals surface area contributed by atoms with Crippen molar-refractivity contribution in [1.29, 1.82) is 0 Å². The number of rotatable bonds is 4. The van der Waals surface area contributed by atoms with Gasteiger partial charge in [0.2, 0.25) is 8.13 Å². The van der Waals surface area contributed by atoms with Crippen LogP contribution in [0.4, 0.5) is 0 Å². The Hall–Kier alpha value is 3.54. The van der Waals surface area contributed by atoms with Crippen molar-refractivity contribution in [3.8, 4) is 0 Å². The van der Waals surface area contributed by atoms with Crippen molar-refractivity contribution in [3.63, 3.8) is 0 Å². The molecule has 0 fully saturated rings. The van der Waals surface area contributed by atoms with E-state index in [1.165, 1.54) is 0 Å². The summed E-state index contributed by atoms with van der Waals surface area (Å²) in [5, 5.41) is -1.49. The van der Waals surface area contributed by atoms with Gasteiger partial charge in [-0.15, -0.1) is 0 Å². The molecule has 0 amide bonds. The minimum absolute atomic E-state index is 0.395. The lowest BCUT2D eigenvalue weighted by Gasteiger charge is -2.43. The summed E-state index contributed by atoms with van der Waals surface area (Å²) >= 11 is 81.2. The van der Waals surface area contributed by atoms with Gasteiger partial charge in [0.25, 0.3) is 0 Å². The first kappa shape index (κ1) is 25.5. The first-order valence-electron chi connectivity index (χ1n) is 4.40. The normalized spacial score (nSPS) is 15.5. The van der Waals surface area contributed by atoms with Crippen LogP contribution in [0.25, 0.3) is 0 Å². The lowest BCUT2D eigenvalue weighted by molar-refractivity contribution is 0.636. The molecule has 14 heteroatoms. The molecule has 22 heavy (non-hydrogen) atoms. The Bertz CT molecular complexity index is 487. The van der Waals surface area contributed by atoms with E-state index >= 15 is 0 Å². The zero-order valence-electron chi connectivity index (χ0n) is 9.29. The van der Waals surface area contributed by atoms with Gasteiger partial charge in [-0.05, 0) is 0 Å². The van der Waals surface area contributed by atoms with Crippen LogP contribution in [-0.2, 0) is 0 Å². The average molecular weight is 592 g/mol. The van der Waals surface area contributed by atoms with Gasteiger partial charge < -0.3 is 0 Å². The van der Waals surface area contributed by atoms with Crippen LogP contribution in [0.5, 0.6) is 0 Å². The van der Waals surface area contributed by atoms with Gasteiger partial charge in [-0.2, -0.15) is 0 Å². The molecule has 0 aliphatic carbocycles. The van der Waals surface area contributed by atoms with Crippen LogP contribution in [-0.4, -0.2) is 16.8 Å². The Morgan fingerprint density at radius 1 is 0.500 bits per heavy atom.